The van der Waals surface area contributed by atoms with Crippen LogP contribution in [0.1, 0.15) is 36.3 Å². The highest BCUT2D eigenvalue weighted by Gasteiger charge is 2.19. The minimum atomic E-state index is -0.736. The quantitative estimate of drug-likeness (QED) is 0.580. The number of hydrogen-bond donors (Lipinski definition) is 1. The van der Waals surface area contributed by atoms with Gasteiger partial charge in [0.05, 0.1) is 5.39 Å². The van der Waals surface area contributed by atoms with Crippen molar-refractivity contribution in [3.05, 3.63) is 76.2 Å². The van der Waals surface area contributed by atoms with E-state index >= 15 is 0 Å². The number of hydrogen-bond acceptors (Lipinski definition) is 5. The van der Waals surface area contributed by atoms with E-state index < -0.39 is 12.6 Å². The second kappa shape index (κ2) is 9.82. The highest BCUT2D eigenvalue weighted by atomic mass is 16.5. The van der Waals surface area contributed by atoms with Crippen molar-refractivity contribution < 1.29 is 14.3 Å². The summed E-state index contributed by atoms with van der Waals surface area (Å²) in [7, 11) is 0. The van der Waals surface area contributed by atoms with E-state index in [1.165, 1.54) is 10.2 Å². The molecule has 0 bridgehead atoms. The van der Waals surface area contributed by atoms with Crippen LogP contribution >= 0.6 is 0 Å². The Morgan fingerprint density at radius 3 is 2.43 bits per heavy atom. The third kappa shape index (κ3) is 5.11. The van der Waals surface area contributed by atoms with Crippen molar-refractivity contribution in [3.63, 3.8) is 0 Å². The van der Waals surface area contributed by atoms with Gasteiger partial charge in [-0.05, 0) is 38.3 Å². The van der Waals surface area contributed by atoms with Crippen LogP contribution in [0.5, 0.6) is 0 Å². The summed E-state index contributed by atoms with van der Waals surface area (Å²) in [4.78, 5) is 37.1. The van der Waals surface area contributed by atoms with Crippen molar-refractivity contribution in [1.29, 1.82) is 0 Å². The Labute approximate surface area is 174 Å². The first-order chi connectivity index (χ1) is 14.5. The first kappa shape index (κ1) is 21.2. The predicted octanol–water partition coefficient (Wildman–Crippen LogP) is 2.71. The van der Waals surface area contributed by atoms with Gasteiger partial charge in [-0.15, -0.1) is 0 Å². The maximum atomic E-state index is 12.6. The van der Waals surface area contributed by atoms with E-state index in [2.05, 4.69) is 10.4 Å². The van der Waals surface area contributed by atoms with E-state index in [0.29, 0.717) is 17.3 Å². The van der Waals surface area contributed by atoms with Crippen LogP contribution in [0, 0.1) is 0 Å². The van der Waals surface area contributed by atoms with Crippen LogP contribution in [0.2, 0.25) is 0 Å². The van der Waals surface area contributed by atoms with E-state index in [4.69, 9.17) is 4.74 Å². The van der Waals surface area contributed by atoms with Crippen LogP contribution in [-0.2, 0) is 22.5 Å². The van der Waals surface area contributed by atoms with Crippen molar-refractivity contribution in [2.75, 3.05) is 6.61 Å². The van der Waals surface area contributed by atoms with Crippen molar-refractivity contribution in [1.82, 2.24) is 15.1 Å². The van der Waals surface area contributed by atoms with Crippen LogP contribution in [0.25, 0.3) is 10.8 Å². The second-order valence-corrected chi connectivity index (χ2v) is 7.08. The van der Waals surface area contributed by atoms with Crippen molar-refractivity contribution >= 4 is 22.6 Å². The summed E-state index contributed by atoms with van der Waals surface area (Å²) >= 11 is 0. The molecule has 0 saturated heterocycles. The molecule has 0 fully saturated rings. The number of amides is 1. The van der Waals surface area contributed by atoms with Gasteiger partial charge in [0.2, 0.25) is 0 Å². The maximum Gasteiger partial charge on any atom is 0.359 e. The van der Waals surface area contributed by atoms with Gasteiger partial charge in [0.1, 0.15) is 0 Å². The molecular formula is C23H25N3O4. The molecule has 1 heterocycles. The van der Waals surface area contributed by atoms with Gasteiger partial charge in [0.25, 0.3) is 11.5 Å². The number of carbonyl (C=O) groups excluding carboxylic acids is 2. The molecule has 3 rings (SSSR count). The van der Waals surface area contributed by atoms with Crippen molar-refractivity contribution in [2.24, 2.45) is 0 Å². The molecular weight excluding hydrogens is 382 g/mol. The fourth-order valence-electron chi connectivity index (χ4n) is 3.22. The second-order valence-electron chi connectivity index (χ2n) is 7.08. The van der Waals surface area contributed by atoms with Crippen molar-refractivity contribution in [2.45, 2.75) is 39.3 Å². The fraction of sp³-hybridized carbons (Fsp3) is 0.304. The van der Waals surface area contributed by atoms with Gasteiger partial charge in [-0.3, -0.25) is 9.59 Å². The molecule has 0 aliphatic carbocycles. The van der Waals surface area contributed by atoms with E-state index in [0.717, 1.165) is 12.8 Å². The molecule has 0 radical (unpaired) electrons. The van der Waals surface area contributed by atoms with Gasteiger partial charge in [-0.1, -0.05) is 48.5 Å². The summed E-state index contributed by atoms with van der Waals surface area (Å²) in [5, 5.41) is 7.75. The smallest absolute Gasteiger partial charge is 0.359 e. The van der Waals surface area contributed by atoms with Gasteiger partial charge < -0.3 is 10.1 Å². The van der Waals surface area contributed by atoms with E-state index in [1.807, 2.05) is 37.3 Å². The Kier molecular flexibility index (Phi) is 6.95. The number of benzene rings is 2. The Hall–Kier alpha value is -3.48. The fourth-order valence-corrected chi connectivity index (χ4v) is 3.22. The number of aryl methyl sites for hydroxylation is 2. The largest absolute Gasteiger partial charge is 0.451 e. The maximum absolute atomic E-state index is 12.6. The van der Waals surface area contributed by atoms with E-state index in [1.54, 1.807) is 31.2 Å². The third-order valence-corrected chi connectivity index (χ3v) is 4.81. The summed E-state index contributed by atoms with van der Waals surface area (Å²) in [6.45, 7) is 3.59. The molecule has 3 aromatic rings. The number of nitrogens with zero attached hydrogens (tertiary/aromatic N) is 2. The molecule has 7 heteroatoms. The summed E-state index contributed by atoms with van der Waals surface area (Å²) in [6.07, 6.45) is 1.62. The molecule has 0 spiro atoms. The van der Waals surface area contributed by atoms with Gasteiger partial charge >= 0.3 is 5.97 Å². The molecule has 1 aromatic heterocycles. The lowest BCUT2D eigenvalue weighted by atomic mass is 10.1. The highest BCUT2D eigenvalue weighted by Crippen LogP contribution is 2.14. The number of nitrogens with one attached hydrogen (secondary N) is 1. The SMILES string of the molecule is CCn1nc(C(=O)OCC(=O)N[C@@H](C)CCc2ccccc2)c2ccccc2c1=O. The topological polar surface area (TPSA) is 90.3 Å². The number of fused-ring (bicyclic) bond motifs is 1. The Morgan fingerprint density at radius 2 is 1.73 bits per heavy atom. The molecule has 1 N–H and O–H groups in total. The zero-order chi connectivity index (χ0) is 21.5. The van der Waals surface area contributed by atoms with Crippen LogP contribution in [0.15, 0.2) is 59.4 Å². The van der Waals surface area contributed by atoms with Gasteiger partial charge in [0, 0.05) is 18.0 Å². The Bertz CT molecular complexity index is 1090. The molecule has 2 aromatic carbocycles. The number of esters is 1. The first-order valence-electron chi connectivity index (χ1n) is 10.00. The Morgan fingerprint density at radius 1 is 1.07 bits per heavy atom. The molecule has 1 amide bonds. The average Bonchev–Trinajstić information content (AvgIpc) is 2.77. The molecule has 156 valence electrons. The summed E-state index contributed by atoms with van der Waals surface area (Å²) < 4.78 is 6.39. The summed E-state index contributed by atoms with van der Waals surface area (Å²) in [6, 6.07) is 16.7. The number of rotatable bonds is 8. The lowest BCUT2D eigenvalue weighted by Crippen LogP contribution is -2.36. The lowest BCUT2D eigenvalue weighted by Gasteiger charge is -2.14. The molecule has 0 saturated carbocycles. The zero-order valence-corrected chi connectivity index (χ0v) is 17.1. The molecule has 0 aliphatic heterocycles. The molecule has 0 aliphatic rings. The van der Waals surface area contributed by atoms with E-state index in [9.17, 15) is 14.4 Å². The predicted molar refractivity (Wildman–Crippen MR) is 114 cm³/mol. The zero-order valence-electron chi connectivity index (χ0n) is 17.1. The minimum absolute atomic E-state index is 0.0250. The number of carbonyl (C=O) groups is 2. The van der Waals surface area contributed by atoms with Crippen LogP contribution in [-0.4, -0.2) is 34.3 Å². The molecule has 7 nitrogen and oxygen atoms in total. The van der Waals surface area contributed by atoms with Crippen LogP contribution in [0.4, 0.5) is 0 Å². The molecule has 0 unspecified atom stereocenters. The van der Waals surface area contributed by atoms with E-state index in [-0.39, 0.29) is 23.2 Å². The minimum Gasteiger partial charge on any atom is -0.451 e. The normalized spacial score (nSPS) is 11.8. The van der Waals surface area contributed by atoms with Gasteiger partial charge in [-0.2, -0.15) is 5.10 Å². The standard InChI is InChI=1S/C23H25N3O4/c1-3-26-22(28)19-12-8-7-11-18(19)21(25-26)23(29)30-15-20(27)24-16(2)13-14-17-9-5-4-6-10-17/h4-12,16H,3,13-15H2,1-2H3,(H,24,27)/t16-/m0/s1. The van der Waals surface area contributed by atoms with Crippen LogP contribution in [0.3, 0.4) is 0 Å². The summed E-state index contributed by atoms with van der Waals surface area (Å²) in [5.74, 6) is -1.11. The van der Waals surface area contributed by atoms with Crippen molar-refractivity contribution in [3.8, 4) is 0 Å². The van der Waals surface area contributed by atoms with Crippen LogP contribution < -0.4 is 10.9 Å². The third-order valence-electron chi connectivity index (χ3n) is 4.81. The number of ether oxygens (including phenoxy) is 1. The average molecular weight is 407 g/mol. The Balaban J connectivity index is 1.59. The molecule has 1 atom stereocenters. The van der Waals surface area contributed by atoms with Gasteiger partial charge in [0.15, 0.2) is 12.3 Å². The number of aromatic nitrogens is 2. The first-order valence-corrected chi connectivity index (χ1v) is 10.00. The highest BCUT2D eigenvalue weighted by molar-refractivity contribution is 6.02. The monoisotopic (exact) mass is 407 g/mol. The molecule has 30 heavy (non-hydrogen) atoms. The summed E-state index contributed by atoms with van der Waals surface area (Å²) in [5.41, 5.74) is 0.959. The lowest BCUT2D eigenvalue weighted by molar-refractivity contribution is -0.124. The van der Waals surface area contributed by atoms with Gasteiger partial charge in [-0.25, -0.2) is 9.48 Å².